The highest BCUT2D eigenvalue weighted by molar-refractivity contribution is 14.1. The zero-order valence-electron chi connectivity index (χ0n) is 22.8. The summed E-state index contributed by atoms with van der Waals surface area (Å²) in [6.07, 6.45) is 0.233. The average molecular weight is 679 g/mol. The number of nitrogens with one attached hydrogen (secondary N) is 3. The van der Waals surface area contributed by atoms with Crippen LogP contribution in [0.15, 0.2) is 46.7 Å². The van der Waals surface area contributed by atoms with Crippen molar-refractivity contribution in [2.24, 2.45) is 5.10 Å². The minimum atomic E-state index is -1.20. The second-order valence-corrected chi connectivity index (χ2v) is 9.63. The molecule has 218 valence electrons. The van der Waals surface area contributed by atoms with E-state index < -0.39 is 24.3 Å². The van der Waals surface area contributed by atoms with Crippen molar-refractivity contribution < 1.29 is 38.4 Å². The van der Waals surface area contributed by atoms with Crippen LogP contribution in [0.2, 0.25) is 0 Å². The van der Waals surface area contributed by atoms with Crippen molar-refractivity contribution in [2.45, 2.75) is 26.1 Å². The van der Waals surface area contributed by atoms with Crippen molar-refractivity contribution in [3.05, 3.63) is 56.3 Å². The predicted molar refractivity (Wildman–Crippen MR) is 156 cm³/mol. The lowest BCUT2D eigenvalue weighted by Gasteiger charge is -2.28. The van der Waals surface area contributed by atoms with Gasteiger partial charge >= 0.3 is 12.0 Å². The second-order valence-electron chi connectivity index (χ2n) is 8.39. The van der Waals surface area contributed by atoms with Gasteiger partial charge in [0.1, 0.15) is 12.7 Å². The topological polar surface area (TPSA) is 173 Å². The molecule has 14 heteroatoms. The third-order valence-corrected chi connectivity index (χ3v) is 6.27. The highest BCUT2D eigenvalue weighted by Crippen LogP contribution is 2.35. The van der Waals surface area contributed by atoms with Crippen molar-refractivity contribution in [1.29, 1.82) is 5.26 Å². The van der Waals surface area contributed by atoms with Crippen LogP contribution in [0.25, 0.3) is 0 Å². The van der Waals surface area contributed by atoms with Gasteiger partial charge in [-0.2, -0.15) is 10.4 Å². The Labute approximate surface area is 250 Å². The van der Waals surface area contributed by atoms with E-state index in [4.69, 9.17) is 28.9 Å². The van der Waals surface area contributed by atoms with Gasteiger partial charge in [-0.15, -0.1) is 0 Å². The quantitative estimate of drug-likeness (QED) is 0.0811. The molecule has 0 saturated heterocycles. The van der Waals surface area contributed by atoms with E-state index in [0.717, 1.165) is 3.57 Å². The minimum Gasteiger partial charge on any atom is -0.493 e. The van der Waals surface area contributed by atoms with Gasteiger partial charge in [-0.3, -0.25) is 5.43 Å². The number of allylic oxidation sites excluding steroid dienone is 1. The summed E-state index contributed by atoms with van der Waals surface area (Å²) < 4.78 is 28.1. The Morgan fingerprint density at radius 2 is 2.00 bits per heavy atom. The number of ether oxygens (including phenoxy) is 5. The Hall–Kier alpha value is -4.23. The summed E-state index contributed by atoms with van der Waals surface area (Å²) in [6, 6.07) is 9.17. The number of urea groups is 1. The smallest absolute Gasteiger partial charge is 0.337 e. The first-order valence-corrected chi connectivity index (χ1v) is 13.4. The van der Waals surface area contributed by atoms with Gasteiger partial charge in [-0.05, 0) is 66.3 Å². The van der Waals surface area contributed by atoms with E-state index in [2.05, 4.69) is 43.8 Å². The van der Waals surface area contributed by atoms with Crippen LogP contribution in [-0.4, -0.2) is 63.6 Å². The number of carbonyl (C=O) groups excluding carboxylic acids is 2. The van der Waals surface area contributed by atoms with Crippen LogP contribution in [-0.2, 0) is 9.53 Å². The number of carbonyl (C=O) groups is 2. The average Bonchev–Trinajstić information content (AvgIpc) is 2.95. The van der Waals surface area contributed by atoms with Crippen LogP contribution in [0.4, 0.5) is 4.79 Å². The molecule has 1 heterocycles. The van der Waals surface area contributed by atoms with E-state index in [-0.39, 0.29) is 18.8 Å². The first-order chi connectivity index (χ1) is 19.7. The molecule has 0 unspecified atom stereocenters. The van der Waals surface area contributed by atoms with Crippen LogP contribution in [0.1, 0.15) is 31.0 Å². The zero-order valence-corrected chi connectivity index (χ0v) is 25.0. The first kappa shape index (κ1) is 31.3. The van der Waals surface area contributed by atoms with E-state index in [0.29, 0.717) is 46.4 Å². The summed E-state index contributed by atoms with van der Waals surface area (Å²) in [5.74, 6) is 0.881. The number of rotatable bonds is 13. The number of halogens is 1. The van der Waals surface area contributed by atoms with Crippen molar-refractivity contribution in [2.75, 3.05) is 34.0 Å². The highest BCUT2D eigenvalue weighted by atomic mass is 127. The summed E-state index contributed by atoms with van der Waals surface area (Å²) >= 11 is 2.11. The van der Waals surface area contributed by atoms with Crippen molar-refractivity contribution in [1.82, 2.24) is 16.1 Å². The Bertz CT molecular complexity index is 1370. The van der Waals surface area contributed by atoms with E-state index in [1.165, 1.54) is 20.4 Å². The Morgan fingerprint density at radius 1 is 1.22 bits per heavy atom. The van der Waals surface area contributed by atoms with E-state index in [9.17, 15) is 14.7 Å². The van der Waals surface area contributed by atoms with Gasteiger partial charge in [-0.1, -0.05) is 6.07 Å². The van der Waals surface area contributed by atoms with Gasteiger partial charge < -0.3 is 39.4 Å². The van der Waals surface area contributed by atoms with E-state index in [1.807, 2.05) is 6.07 Å². The van der Waals surface area contributed by atoms with Gasteiger partial charge in [0.05, 0.1) is 38.7 Å². The number of aliphatic hydroxyl groups excluding tert-OH is 1. The molecule has 4 N–H and O–H groups in total. The molecule has 41 heavy (non-hydrogen) atoms. The highest BCUT2D eigenvalue weighted by Gasteiger charge is 2.32. The summed E-state index contributed by atoms with van der Waals surface area (Å²) in [6.45, 7) is 3.36. The number of hydrogen-bond donors (Lipinski definition) is 4. The molecule has 2 atom stereocenters. The number of nitriles is 1. The van der Waals surface area contributed by atoms with Gasteiger partial charge in [-0.25, -0.2) is 9.59 Å². The molecule has 0 spiro atoms. The fourth-order valence-electron chi connectivity index (χ4n) is 3.91. The lowest BCUT2D eigenvalue weighted by atomic mass is 9.95. The lowest BCUT2D eigenvalue weighted by Crippen LogP contribution is -2.45. The molecule has 0 saturated carbocycles. The molecule has 1 aliphatic rings. The molecule has 2 aromatic carbocycles. The Morgan fingerprint density at radius 3 is 2.68 bits per heavy atom. The molecule has 1 aliphatic heterocycles. The van der Waals surface area contributed by atoms with Gasteiger partial charge in [0.25, 0.3) is 0 Å². The van der Waals surface area contributed by atoms with Crippen LogP contribution in [0.5, 0.6) is 23.0 Å². The van der Waals surface area contributed by atoms with Crippen molar-refractivity contribution in [3.63, 3.8) is 0 Å². The summed E-state index contributed by atoms with van der Waals surface area (Å²) in [7, 11) is 2.76. The number of aliphatic hydroxyl groups is 1. The normalized spacial score (nSPS) is 15.3. The number of esters is 1. The van der Waals surface area contributed by atoms with Gasteiger partial charge in [0, 0.05) is 14.8 Å². The van der Waals surface area contributed by atoms with Crippen LogP contribution in [0.3, 0.4) is 0 Å². The first-order valence-electron chi connectivity index (χ1n) is 12.3. The third-order valence-electron chi connectivity index (χ3n) is 5.65. The van der Waals surface area contributed by atoms with Crippen LogP contribution >= 0.6 is 22.6 Å². The van der Waals surface area contributed by atoms with Crippen LogP contribution < -0.4 is 35.0 Å². The molecule has 3 rings (SSSR count). The molecule has 0 radical (unpaired) electrons. The molecular formula is C27H30IN5O8. The summed E-state index contributed by atoms with van der Waals surface area (Å²) in [4.78, 5) is 24.5. The molecule has 0 fully saturated rings. The molecule has 0 aromatic heterocycles. The van der Waals surface area contributed by atoms with E-state index in [1.54, 1.807) is 44.2 Å². The summed E-state index contributed by atoms with van der Waals surface area (Å²) in [5, 5.41) is 28.7. The number of hydrazone groups is 1. The fourth-order valence-corrected chi connectivity index (χ4v) is 4.53. The maximum absolute atomic E-state index is 12.4. The molecule has 2 aromatic rings. The molecule has 2 amide bonds. The zero-order chi connectivity index (χ0) is 29.9. The van der Waals surface area contributed by atoms with Crippen molar-refractivity contribution >= 4 is 40.8 Å². The summed E-state index contributed by atoms with van der Waals surface area (Å²) in [5.41, 5.74) is 4.32. The maximum atomic E-state index is 12.4. The van der Waals surface area contributed by atoms with E-state index >= 15 is 0 Å². The molecule has 13 nitrogen and oxygen atoms in total. The number of nitrogens with zero attached hydrogens (tertiary/aromatic N) is 2. The Kier molecular flexibility index (Phi) is 11.4. The van der Waals surface area contributed by atoms with Crippen molar-refractivity contribution in [3.8, 4) is 29.1 Å². The lowest BCUT2D eigenvalue weighted by molar-refractivity contribution is -0.136. The molecule has 0 aliphatic carbocycles. The monoisotopic (exact) mass is 679 g/mol. The number of hydrogen-bond acceptors (Lipinski definition) is 11. The standard InChI is InChI=1S/C27H30IN5O8/c1-5-39-20-11-16(24-23(26(35)38-4)15(2)31-27(36)32-24)6-7-19(20)41-14-22(34)33-30-13-17-10-18(28)12-21(37-3)25(17)40-9-8-29/h6-7,10-13,22,24,33-34H,5,9,14H2,1-4H3,(H2,31,32,36)/b30-13+/t22-,24+/m0/s1. The van der Waals surface area contributed by atoms with Gasteiger partial charge in [0.2, 0.25) is 0 Å². The Balaban J connectivity index is 1.73. The number of benzene rings is 2. The minimum absolute atomic E-state index is 0.174. The molecule has 0 bridgehead atoms. The third kappa shape index (κ3) is 8.14. The number of methoxy groups -OCH3 is 2. The van der Waals surface area contributed by atoms with Crippen LogP contribution in [0, 0.1) is 14.9 Å². The van der Waals surface area contributed by atoms with Gasteiger partial charge in [0.15, 0.2) is 35.8 Å². The fraction of sp³-hybridized carbons (Fsp3) is 0.333. The second kappa shape index (κ2) is 15.0. The number of amides is 2. The molecular weight excluding hydrogens is 649 g/mol. The largest absolute Gasteiger partial charge is 0.493 e. The predicted octanol–water partition coefficient (Wildman–Crippen LogP) is 2.72. The maximum Gasteiger partial charge on any atom is 0.337 e. The SMILES string of the molecule is CCOc1cc([C@H]2NC(=O)NC(C)=C2C(=O)OC)ccc1OC[C@H](O)N/N=C/c1cc(I)cc(OC)c1OCC#N.